The molecule has 0 spiro atoms. The fraction of sp³-hybridized carbons (Fsp3) is 1.00. The molecule has 10 heavy (non-hydrogen) atoms. The molecule has 0 saturated heterocycles. The Morgan fingerprint density at radius 1 is 1.10 bits per heavy atom. The quantitative estimate of drug-likeness (QED) is 0.375. The van der Waals surface area contributed by atoms with Crippen LogP contribution >= 0.6 is 12.6 Å². The Hall–Kier alpha value is 0.270. The number of hydrogen-bond donors (Lipinski definition) is 3. The first kappa shape index (κ1) is 10.3. The number of hydrogen-bond acceptors (Lipinski definition) is 3. The van der Waals surface area contributed by atoms with Crippen molar-refractivity contribution in [1.29, 1.82) is 0 Å². The molecule has 2 N–H and O–H groups in total. The highest BCUT2D eigenvalue weighted by atomic mass is 32.1. The maximum absolute atomic E-state index is 4.11. The maximum atomic E-state index is 4.11. The van der Waals surface area contributed by atoms with E-state index in [1.54, 1.807) is 0 Å². The molecule has 0 unspecified atom stereocenters. The van der Waals surface area contributed by atoms with Crippen molar-refractivity contribution in [2.45, 2.75) is 12.8 Å². The number of nitrogens with one attached hydrogen (secondary N) is 2. The fourth-order valence-corrected chi connectivity index (χ4v) is 0.877. The number of thiol groups is 1. The minimum absolute atomic E-state index is 0.985. The van der Waals surface area contributed by atoms with Gasteiger partial charge in [0.25, 0.3) is 0 Å². The molecule has 0 radical (unpaired) electrons. The zero-order valence-electron chi connectivity index (χ0n) is 6.69. The smallest absolute Gasteiger partial charge is 0.00368 e. The van der Waals surface area contributed by atoms with Gasteiger partial charge in [0, 0.05) is 0 Å². The molecule has 0 aromatic heterocycles. The van der Waals surface area contributed by atoms with Gasteiger partial charge in [0.1, 0.15) is 0 Å². The molecule has 3 heteroatoms. The van der Waals surface area contributed by atoms with Gasteiger partial charge in [0.2, 0.25) is 0 Å². The molecule has 0 fully saturated rings. The summed E-state index contributed by atoms with van der Waals surface area (Å²) < 4.78 is 0. The minimum atomic E-state index is 0.985. The molecule has 2 nitrogen and oxygen atoms in total. The molecule has 0 aromatic rings. The topological polar surface area (TPSA) is 24.1 Å². The highest BCUT2D eigenvalue weighted by Gasteiger charge is 1.85. The third-order valence-electron chi connectivity index (χ3n) is 1.29. The van der Waals surface area contributed by atoms with Gasteiger partial charge in [0.15, 0.2) is 0 Å². The van der Waals surface area contributed by atoms with Crippen LogP contribution < -0.4 is 10.6 Å². The SMILES string of the molecule is CNCCCNCCCS. The molecule has 0 aromatic carbocycles. The van der Waals surface area contributed by atoms with Crippen molar-refractivity contribution < 1.29 is 0 Å². The lowest BCUT2D eigenvalue weighted by molar-refractivity contribution is 0.621. The van der Waals surface area contributed by atoms with E-state index in [2.05, 4.69) is 23.3 Å². The van der Waals surface area contributed by atoms with Gasteiger partial charge in [-0.15, -0.1) is 0 Å². The minimum Gasteiger partial charge on any atom is -0.320 e. The first-order chi connectivity index (χ1) is 4.91. The molecule has 62 valence electrons. The molecule has 0 heterocycles. The largest absolute Gasteiger partial charge is 0.320 e. The highest BCUT2D eigenvalue weighted by Crippen LogP contribution is 1.80. The van der Waals surface area contributed by atoms with Crippen molar-refractivity contribution in [3.8, 4) is 0 Å². The molecule has 0 atom stereocenters. The van der Waals surface area contributed by atoms with E-state index in [4.69, 9.17) is 0 Å². The van der Waals surface area contributed by atoms with Crippen LogP contribution in [0.5, 0.6) is 0 Å². The zero-order chi connectivity index (χ0) is 7.66. The van der Waals surface area contributed by atoms with Crippen LogP contribution in [0.25, 0.3) is 0 Å². The predicted molar refractivity (Wildman–Crippen MR) is 49.9 cm³/mol. The maximum Gasteiger partial charge on any atom is -0.00368 e. The second-order valence-electron chi connectivity index (χ2n) is 2.28. The van der Waals surface area contributed by atoms with E-state index >= 15 is 0 Å². The van der Waals surface area contributed by atoms with E-state index in [1.165, 1.54) is 12.8 Å². The molecule has 0 saturated carbocycles. The Bertz CT molecular complexity index is 51.6. The summed E-state index contributed by atoms with van der Waals surface area (Å²) in [6.45, 7) is 3.33. The van der Waals surface area contributed by atoms with Crippen LogP contribution in [-0.4, -0.2) is 32.4 Å². The number of rotatable bonds is 7. The summed E-state index contributed by atoms with van der Waals surface area (Å²) >= 11 is 4.11. The molecule has 0 aliphatic carbocycles. The van der Waals surface area contributed by atoms with Crippen molar-refractivity contribution in [3.63, 3.8) is 0 Å². The summed E-state index contributed by atoms with van der Waals surface area (Å²) in [5.74, 6) is 0.985. The predicted octanol–water partition coefficient (Wildman–Crippen LogP) is 0.505. The standard InChI is InChI=1S/C7H18N2S/c1-8-4-2-5-9-6-3-7-10/h8-10H,2-7H2,1H3. The Balaban J connectivity index is 2.65. The normalized spacial score (nSPS) is 10.2. The van der Waals surface area contributed by atoms with Crippen molar-refractivity contribution >= 4 is 12.6 Å². The second-order valence-corrected chi connectivity index (χ2v) is 2.73. The van der Waals surface area contributed by atoms with Gasteiger partial charge in [-0.05, 0) is 45.3 Å². The van der Waals surface area contributed by atoms with Crippen LogP contribution in [0, 0.1) is 0 Å². The van der Waals surface area contributed by atoms with E-state index in [1.807, 2.05) is 7.05 Å². The van der Waals surface area contributed by atoms with Crippen LogP contribution in [0.1, 0.15) is 12.8 Å². The Labute approximate surface area is 69.2 Å². The monoisotopic (exact) mass is 162 g/mol. The van der Waals surface area contributed by atoms with Gasteiger partial charge in [0.05, 0.1) is 0 Å². The van der Waals surface area contributed by atoms with E-state index in [-0.39, 0.29) is 0 Å². The Morgan fingerprint density at radius 2 is 1.80 bits per heavy atom. The van der Waals surface area contributed by atoms with Crippen molar-refractivity contribution in [2.24, 2.45) is 0 Å². The van der Waals surface area contributed by atoms with E-state index in [0.717, 1.165) is 25.4 Å². The average molecular weight is 162 g/mol. The van der Waals surface area contributed by atoms with Crippen molar-refractivity contribution in [2.75, 3.05) is 32.4 Å². The lowest BCUT2D eigenvalue weighted by atomic mass is 10.4. The van der Waals surface area contributed by atoms with E-state index in [9.17, 15) is 0 Å². The molecule has 0 amide bonds. The van der Waals surface area contributed by atoms with Crippen molar-refractivity contribution in [1.82, 2.24) is 10.6 Å². The van der Waals surface area contributed by atoms with Gasteiger partial charge in [-0.25, -0.2) is 0 Å². The average Bonchev–Trinajstić information content (AvgIpc) is 1.97. The van der Waals surface area contributed by atoms with Gasteiger partial charge >= 0.3 is 0 Å². The lowest BCUT2D eigenvalue weighted by Gasteiger charge is -2.01. The lowest BCUT2D eigenvalue weighted by Crippen LogP contribution is -2.20. The summed E-state index contributed by atoms with van der Waals surface area (Å²) in [5.41, 5.74) is 0. The summed E-state index contributed by atoms with van der Waals surface area (Å²) in [5, 5.41) is 6.44. The van der Waals surface area contributed by atoms with Gasteiger partial charge in [-0.3, -0.25) is 0 Å². The van der Waals surface area contributed by atoms with Crippen LogP contribution in [0.3, 0.4) is 0 Å². The van der Waals surface area contributed by atoms with Crippen molar-refractivity contribution in [3.05, 3.63) is 0 Å². The second kappa shape index (κ2) is 9.27. The summed E-state index contributed by atoms with van der Waals surface area (Å²) in [7, 11) is 1.98. The van der Waals surface area contributed by atoms with Crippen LogP contribution in [0.15, 0.2) is 0 Å². The Morgan fingerprint density at radius 3 is 2.40 bits per heavy atom. The fourth-order valence-electron chi connectivity index (χ4n) is 0.719. The van der Waals surface area contributed by atoms with Gasteiger partial charge < -0.3 is 10.6 Å². The third-order valence-corrected chi connectivity index (χ3v) is 1.61. The van der Waals surface area contributed by atoms with Crippen LogP contribution in [-0.2, 0) is 0 Å². The third kappa shape index (κ3) is 8.27. The first-order valence-corrected chi connectivity index (χ1v) is 4.51. The van der Waals surface area contributed by atoms with E-state index in [0.29, 0.717) is 0 Å². The van der Waals surface area contributed by atoms with Gasteiger partial charge in [-0.1, -0.05) is 0 Å². The molecule has 0 bridgehead atoms. The summed E-state index contributed by atoms with van der Waals surface area (Å²) in [4.78, 5) is 0. The molecular formula is C7H18N2S. The summed E-state index contributed by atoms with van der Waals surface area (Å²) in [6, 6.07) is 0. The molecule has 0 aliphatic heterocycles. The van der Waals surface area contributed by atoms with Crippen LogP contribution in [0.2, 0.25) is 0 Å². The highest BCUT2D eigenvalue weighted by molar-refractivity contribution is 7.80. The summed E-state index contributed by atoms with van der Waals surface area (Å²) in [6.07, 6.45) is 2.38. The Kier molecular flexibility index (Phi) is 9.52. The molecular weight excluding hydrogens is 144 g/mol. The zero-order valence-corrected chi connectivity index (χ0v) is 7.58. The van der Waals surface area contributed by atoms with E-state index < -0.39 is 0 Å². The molecule has 0 aliphatic rings. The first-order valence-electron chi connectivity index (χ1n) is 3.88. The molecule has 0 rings (SSSR count). The van der Waals surface area contributed by atoms with Gasteiger partial charge in [-0.2, -0.15) is 12.6 Å². The van der Waals surface area contributed by atoms with Crippen LogP contribution in [0.4, 0.5) is 0 Å².